The van der Waals surface area contributed by atoms with Crippen LogP contribution in [-0.4, -0.2) is 23.5 Å². The van der Waals surface area contributed by atoms with Crippen molar-refractivity contribution in [2.45, 2.75) is 58.1 Å². The van der Waals surface area contributed by atoms with Crippen LogP contribution in [0.1, 0.15) is 47.0 Å². The molecule has 1 atom stereocenters. The maximum atomic E-state index is 11.6. The molecule has 0 saturated heterocycles. The fourth-order valence-corrected chi connectivity index (χ4v) is 1.75. The first-order valence-electron chi connectivity index (χ1n) is 5.72. The van der Waals surface area contributed by atoms with E-state index in [-0.39, 0.29) is 0 Å². The van der Waals surface area contributed by atoms with Gasteiger partial charge in [-0.05, 0) is 46.5 Å². The van der Waals surface area contributed by atoms with Crippen LogP contribution in [0.15, 0.2) is 0 Å². The predicted molar refractivity (Wildman–Crippen MR) is 61.2 cm³/mol. The van der Waals surface area contributed by atoms with Gasteiger partial charge >= 0.3 is 6.09 Å². The smallest absolute Gasteiger partial charge is 0.408 e. The molecule has 4 heteroatoms. The molecule has 1 N–H and O–H groups in total. The summed E-state index contributed by atoms with van der Waals surface area (Å²) in [5.41, 5.74) is -0.945. The number of nitrogens with one attached hydrogen (secondary N) is 1. The van der Waals surface area contributed by atoms with Gasteiger partial charge in [-0.15, -0.1) is 0 Å². The van der Waals surface area contributed by atoms with Crippen LogP contribution in [0.3, 0.4) is 0 Å². The third-order valence-corrected chi connectivity index (χ3v) is 2.77. The van der Waals surface area contributed by atoms with Crippen LogP contribution in [0.2, 0.25) is 0 Å². The van der Waals surface area contributed by atoms with Gasteiger partial charge in [-0.25, -0.2) is 4.79 Å². The first-order chi connectivity index (χ1) is 7.27. The second kappa shape index (κ2) is 4.44. The van der Waals surface area contributed by atoms with Crippen molar-refractivity contribution >= 4 is 12.4 Å². The van der Waals surface area contributed by atoms with E-state index >= 15 is 0 Å². The van der Waals surface area contributed by atoms with Crippen LogP contribution in [0.5, 0.6) is 0 Å². The molecule has 0 aromatic rings. The Hall–Kier alpha value is -1.06. The average molecular weight is 227 g/mol. The van der Waals surface area contributed by atoms with Gasteiger partial charge in [-0.1, -0.05) is 0 Å². The van der Waals surface area contributed by atoms with Gasteiger partial charge in [0.2, 0.25) is 0 Å². The molecule has 1 rings (SSSR count). The van der Waals surface area contributed by atoms with Gasteiger partial charge in [0.15, 0.2) is 0 Å². The second-order valence-electron chi connectivity index (χ2n) is 5.69. The van der Waals surface area contributed by atoms with Gasteiger partial charge in [0, 0.05) is 12.0 Å². The molecule has 92 valence electrons. The van der Waals surface area contributed by atoms with Crippen molar-refractivity contribution in [3.8, 4) is 0 Å². The van der Waals surface area contributed by atoms with Gasteiger partial charge in [0.25, 0.3) is 0 Å². The van der Waals surface area contributed by atoms with Crippen molar-refractivity contribution in [1.82, 2.24) is 5.32 Å². The molecule has 0 heterocycles. The van der Waals surface area contributed by atoms with Crippen molar-refractivity contribution in [1.29, 1.82) is 0 Å². The maximum Gasteiger partial charge on any atom is 0.408 e. The molecule has 0 bridgehead atoms. The van der Waals surface area contributed by atoms with Gasteiger partial charge in [0.1, 0.15) is 11.9 Å². The Labute approximate surface area is 96.7 Å². The molecule has 0 aromatic heterocycles. The van der Waals surface area contributed by atoms with Crippen molar-refractivity contribution in [3.05, 3.63) is 0 Å². The van der Waals surface area contributed by atoms with E-state index in [0.717, 1.165) is 19.1 Å². The summed E-state index contributed by atoms with van der Waals surface area (Å²) in [6.45, 7) is 7.37. The number of rotatable bonds is 4. The number of hydrogen-bond donors (Lipinski definition) is 1. The highest BCUT2D eigenvalue weighted by molar-refractivity contribution is 5.70. The zero-order valence-corrected chi connectivity index (χ0v) is 10.5. The van der Waals surface area contributed by atoms with E-state index in [1.54, 1.807) is 0 Å². The van der Waals surface area contributed by atoms with Gasteiger partial charge < -0.3 is 14.8 Å². The van der Waals surface area contributed by atoms with E-state index in [9.17, 15) is 9.59 Å². The van der Waals surface area contributed by atoms with Crippen LogP contribution < -0.4 is 5.32 Å². The molecule has 0 spiro atoms. The number of amides is 1. The minimum absolute atomic E-state index is 0.344. The lowest BCUT2D eigenvalue weighted by atomic mass is 9.92. The van der Waals surface area contributed by atoms with Crippen molar-refractivity contribution in [3.63, 3.8) is 0 Å². The van der Waals surface area contributed by atoms with E-state index in [1.165, 1.54) is 0 Å². The summed E-state index contributed by atoms with van der Waals surface area (Å²) in [6.07, 6.45) is 2.90. The van der Waals surface area contributed by atoms with Crippen LogP contribution in [-0.2, 0) is 9.53 Å². The van der Waals surface area contributed by atoms with Gasteiger partial charge in [-0.3, -0.25) is 0 Å². The van der Waals surface area contributed by atoms with Crippen LogP contribution in [0.25, 0.3) is 0 Å². The number of aldehydes is 1. The normalized spacial score (nSPS) is 19.8. The van der Waals surface area contributed by atoms with Crippen molar-refractivity contribution < 1.29 is 14.3 Å². The van der Waals surface area contributed by atoms with Gasteiger partial charge in [-0.2, -0.15) is 0 Å². The lowest BCUT2D eigenvalue weighted by Crippen LogP contribution is -2.49. The number of ether oxygens (including phenoxy) is 1. The molecule has 0 unspecified atom stereocenters. The average Bonchev–Trinajstić information content (AvgIpc) is 2.80. The Balaban J connectivity index is 2.55. The first kappa shape index (κ1) is 13.0. The summed E-state index contributed by atoms with van der Waals surface area (Å²) in [6, 6.07) is 0. The standard InChI is InChI=1S/C12H21NO3/c1-11(2,3)16-10(15)13-12(4,7-8-14)9-5-6-9/h8-9H,5-7H2,1-4H3,(H,13,15)/t12-/m1/s1. The van der Waals surface area contributed by atoms with Crippen molar-refractivity contribution in [2.24, 2.45) is 5.92 Å². The van der Waals surface area contributed by atoms with E-state index in [2.05, 4.69) is 5.32 Å². The Morgan fingerprint density at radius 1 is 1.38 bits per heavy atom. The van der Waals surface area contributed by atoms with E-state index in [0.29, 0.717) is 12.3 Å². The zero-order chi connectivity index (χ0) is 12.4. The molecule has 16 heavy (non-hydrogen) atoms. The van der Waals surface area contributed by atoms with Crippen molar-refractivity contribution in [2.75, 3.05) is 0 Å². The monoisotopic (exact) mass is 227 g/mol. The molecule has 0 aromatic carbocycles. The molecule has 1 amide bonds. The fraction of sp³-hybridized carbons (Fsp3) is 0.833. The van der Waals surface area contributed by atoms with Crippen LogP contribution >= 0.6 is 0 Å². The zero-order valence-electron chi connectivity index (χ0n) is 10.5. The number of carbonyl (C=O) groups is 2. The minimum atomic E-state index is -0.504. The molecule has 4 nitrogen and oxygen atoms in total. The highest BCUT2D eigenvalue weighted by Gasteiger charge is 2.43. The summed E-state index contributed by atoms with van der Waals surface area (Å²) >= 11 is 0. The maximum absolute atomic E-state index is 11.6. The van der Waals surface area contributed by atoms with Gasteiger partial charge in [0.05, 0.1) is 0 Å². The molecule has 1 aliphatic rings. The summed E-state index contributed by atoms with van der Waals surface area (Å²) < 4.78 is 5.19. The summed E-state index contributed by atoms with van der Waals surface area (Å²) in [5, 5.41) is 2.82. The summed E-state index contributed by atoms with van der Waals surface area (Å²) in [7, 11) is 0. The third-order valence-electron chi connectivity index (χ3n) is 2.77. The molecule has 1 fully saturated rings. The number of hydrogen-bond acceptors (Lipinski definition) is 3. The number of carbonyl (C=O) groups excluding carboxylic acids is 2. The summed E-state index contributed by atoms with van der Waals surface area (Å²) in [4.78, 5) is 22.3. The second-order valence-corrected chi connectivity index (χ2v) is 5.69. The van der Waals surface area contributed by atoms with E-state index < -0.39 is 17.2 Å². The lowest BCUT2D eigenvalue weighted by Gasteiger charge is -2.30. The molecule has 1 aliphatic carbocycles. The Bertz CT molecular complexity index is 278. The molecular weight excluding hydrogens is 206 g/mol. The quantitative estimate of drug-likeness (QED) is 0.749. The largest absolute Gasteiger partial charge is 0.444 e. The topological polar surface area (TPSA) is 55.4 Å². The van der Waals surface area contributed by atoms with E-state index in [4.69, 9.17) is 4.74 Å². The molecule has 0 aliphatic heterocycles. The van der Waals surface area contributed by atoms with Crippen LogP contribution in [0, 0.1) is 5.92 Å². The fourth-order valence-electron chi connectivity index (χ4n) is 1.75. The first-order valence-corrected chi connectivity index (χ1v) is 5.72. The van der Waals surface area contributed by atoms with E-state index in [1.807, 2.05) is 27.7 Å². The minimum Gasteiger partial charge on any atom is -0.444 e. The summed E-state index contributed by atoms with van der Waals surface area (Å²) in [5.74, 6) is 0.408. The Morgan fingerprint density at radius 3 is 2.31 bits per heavy atom. The third kappa shape index (κ3) is 3.83. The highest BCUT2D eigenvalue weighted by atomic mass is 16.6. The highest BCUT2D eigenvalue weighted by Crippen LogP contribution is 2.41. The number of alkyl carbamates (subject to hydrolysis) is 1. The SMILES string of the molecule is CC(C)(C)OC(=O)N[C@](C)(CC=O)C1CC1. The van der Waals surface area contributed by atoms with Crippen LogP contribution in [0.4, 0.5) is 4.79 Å². The Kier molecular flexibility index (Phi) is 3.61. The predicted octanol–water partition coefficient (Wildman–Crippen LogP) is 2.27. The Morgan fingerprint density at radius 2 is 1.94 bits per heavy atom. The molecule has 0 radical (unpaired) electrons. The molecule has 1 saturated carbocycles. The lowest BCUT2D eigenvalue weighted by molar-refractivity contribution is -0.109. The molecular formula is C12H21NO3.